The summed E-state index contributed by atoms with van der Waals surface area (Å²) < 4.78 is 60.9. The number of hydrogen-bond acceptors (Lipinski definition) is 5. The van der Waals surface area contributed by atoms with Crippen molar-refractivity contribution in [2.24, 2.45) is 11.8 Å². The monoisotopic (exact) mass is 444 g/mol. The van der Waals surface area contributed by atoms with Crippen molar-refractivity contribution in [1.82, 2.24) is 0 Å². The summed E-state index contributed by atoms with van der Waals surface area (Å²) in [4.78, 5) is -0.100. The average Bonchev–Trinajstić information content (AvgIpc) is 2.70. The summed E-state index contributed by atoms with van der Waals surface area (Å²) in [6, 6.07) is 7.20. The Morgan fingerprint density at radius 3 is 2.45 bits per heavy atom. The third-order valence-corrected chi connectivity index (χ3v) is 8.94. The smallest absolute Gasteiger partial charge is 0.188 e. The molecule has 1 aliphatic carbocycles. The molecule has 0 bridgehead atoms. The summed E-state index contributed by atoms with van der Waals surface area (Å²) in [6.45, 7) is -0.790. The van der Waals surface area contributed by atoms with E-state index in [0.717, 1.165) is 12.1 Å². The highest BCUT2D eigenvalue weighted by Crippen LogP contribution is 2.57. The second-order valence-corrected chi connectivity index (χ2v) is 10.1. The second-order valence-electron chi connectivity index (χ2n) is 7.45. The molecule has 29 heavy (non-hydrogen) atoms. The number of aliphatic hydroxyl groups excluding tert-OH is 2. The highest BCUT2D eigenvalue weighted by molar-refractivity contribution is 7.92. The Bertz CT molecular complexity index is 1040. The lowest BCUT2D eigenvalue weighted by Gasteiger charge is -2.51. The molecule has 0 radical (unpaired) electrons. The largest absolute Gasteiger partial charge is 0.490 e. The minimum absolute atomic E-state index is 0.00391. The SMILES string of the molecule is O=S(=O)(c1ccc(Cl)cc1)[C@@]12CC[C@@H](O)[C@H](CO)[C@@H]1COc1c(F)ccc(F)c12. The zero-order chi connectivity index (χ0) is 21.0. The van der Waals surface area contributed by atoms with Crippen LogP contribution in [0.4, 0.5) is 8.78 Å². The molecule has 4 atom stereocenters. The first-order chi connectivity index (χ1) is 13.7. The van der Waals surface area contributed by atoms with Crippen molar-refractivity contribution < 1.29 is 32.1 Å². The van der Waals surface area contributed by atoms with Crippen LogP contribution >= 0.6 is 11.6 Å². The molecule has 1 heterocycles. The molecular weight excluding hydrogens is 426 g/mol. The number of halogens is 3. The Labute approximate surface area is 171 Å². The highest BCUT2D eigenvalue weighted by Gasteiger charge is 2.62. The van der Waals surface area contributed by atoms with Crippen LogP contribution in [0.1, 0.15) is 18.4 Å². The van der Waals surface area contributed by atoms with Crippen molar-refractivity contribution in [2.45, 2.75) is 28.6 Å². The van der Waals surface area contributed by atoms with Gasteiger partial charge in [-0.15, -0.1) is 0 Å². The molecule has 1 saturated carbocycles. The van der Waals surface area contributed by atoms with Crippen molar-refractivity contribution in [3.8, 4) is 5.75 Å². The van der Waals surface area contributed by atoms with E-state index < -0.39 is 56.5 Å². The Morgan fingerprint density at radius 1 is 1.14 bits per heavy atom. The summed E-state index contributed by atoms with van der Waals surface area (Å²) in [5.74, 6) is -4.05. The first kappa shape index (κ1) is 20.5. The van der Waals surface area contributed by atoms with Crippen molar-refractivity contribution in [1.29, 1.82) is 0 Å². The molecule has 2 aromatic rings. The van der Waals surface area contributed by atoms with Gasteiger partial charge in [-0.25, -0.2) is 17.2 Å². The Morgan fingerprint density at radius 2 is 1.79 bits per heavy atom. The maximum atomic E-state index is 15.0. The van der Waals surface area contributed by atoms with Crippen LogP contribution in [0.15, 0.2) is 41.3 Å². The topological polar surface area (TPSA) is 83.8 Å². The lowest BCUT2D eigenvalue weighted by atomic mass is 9.66. The van der Waals surface area contributed by atoms with E-state index in [-0.39, 0.29) is 29.9 Å². The summed E-state index contributed by atoms with van der Waals surface area (Å²) in [5.41, 5.74) is -0.381. The average molecular weight is 445 g/mol. The third kappa shape index (κ3) is 2.88. The van der Waals surface area contributed by atoms with E-state index in [2.05, 4.69) is 0 Å². The van der Waals surface area contributed by atoms with Gasteiger partial charge in [0.05, 0.1) is 23.2 Å². The summed E-state index contributed by atoms with van der Waals surface area (Å²) in [5, 5.41) is 20.6. The minimum Gasteiger partial charge on any atom is -0.490 e. The van der Waals surface area contributed by atoms with E-state index in [0.29, 0.717) is 5.02 Å². The number of benzene rings is 2. The fraction of sp³-hybridized carbons (Fsp3) is 0.400. The van der Waals surface area contributed by atoms with Crippen LogP contribution in [0.5, 0.6) is 5.75 Å². The zero-order valence-corrected chi connectivity index (χ0v) is 16.8. The van der Waals surface area contributed by atoms with E-state index in [1.54, 1.807) is 0 Å². The van der Waals surface area contributed by atoms with Crippen LogP contribution in [-0.2, 0) is 14.6 Å². The van der Waals surface area contributed by atoms with Crippen LogP contribution in [0.25, 0.3) is 0 Å². The van der Waals surface area contributed by atoms with Gasteiger partial charge in [0.2, 0.25) is 0 Å². The molecule has 1 aliphatic heterocycles. The number of hydrogen-bond donors (Lipinski definition) is 2. The van der Waals surface area contributed by atoms with Gasteiger partial charge in [0, 0.05) is 23.5 Å². The van der Waals surface area contributed by atoms with Crippen molar-refractivity contribution in [2.75, 3.05) is 13.2 Å². The molecule has 1 fully saturated rings. The molecule has 5 nitrogen and oxygen atoms in total. The van der Waals surface area contributed by atoms with Crippen LogP contribution in [0, 0.1) is 23.5 Å². The van der Waals surface area contributed by atoms with Gasteiger partial charge < -0.3 is 14.9 Å². The maximum absolute atomic E-state index is 15.0. The van der Waals surface area contributed by atoms with E-state index >= 15 is 4.39 Å². The van der Waals surface area contributed by atoms with Gasteiger partial charge in [0.25, 0.3) is 0 Å². The van der Waals surface area contributed by atoms with Crippen LogP contribution in [0.3, 0.4) is 0 Å². The number of fused-ring (bicyclic) bond motifs is 3. The molecule has 0 aromatic heterocycles. The van der Waals surface area contributed by atoms with Gasteiger partial charge in [-0.1, -0.05) is 11.6 Å². The minimum atomic E-state index is -4.29. The number of aliphatic hydroxyl groups is 2. The second kappa shape index (κ2) is 7.19. The molecule has 2 N–H and O–H groups in total. The maximum Gasteiger partial charge on any atom is 0.188 e. The van der Waals surface area contributed by atoms with Crippen molar-refractivity contribution in [3.63, 3.8) is 0 Å². The Balaban J connectivity index is 2.04. The molecule has 0 spiro atoms. The van der Waals surface area contributed by atoms with E-state index in [1.165, 1.54) is 24.3 Å². The Hall–Kier alpha value is -1.74. The van der Waals surface area contributed by atoms with Gasteiger partial charge in [0.15, 0.2) is 21.4 Å². The molecule has 0 saturated heterocycles. The van der Waals surface area contributed by atoms with Gasteiger partial charge >= 0.3 is 0 Å². The summed E-state index contributed by atoms with van der Waals surface area (Å²) in [7, 11) is -4.29. The quantitative estimate of drug-likeness (QED) is 0.760. The first-order valence-electron chi connectivity index (χ1n) is 9.14. The summed E-state index contributed by atoms with van der Waals surface area (Å²) >= 11 is 5.88. The van der Waals surface area contributed by atoms with E-state index in [1.807, 2.05) is 0 Å². The molecule has 2 aliphatic rings. The molecule has 9 heteroatoms. The fourth-order valence-electron chi connectivity index (χ4n) is 4.73. The predicted molar refractivity (Wildman–Crippen MR) is 101 cm³/mol. The third-order valence-electron chi connectivity index (χ3n) is 6.13. The predicted octanol–water partition coefficient (Wildman–Crippen LogP) is 3.06. The molecule has 2 aromatic carbocycles. The van der Waals surface area contributed by atoms with Crippen LogP contribution in [0.2, 0.25) is 5.02 Å². The molecule has 4 rings (SSSR count). The van der Waals surface area contributed by atoms with Crippen molar-refractivity contribution >= 4 is 21.4 Å². The standard InChI is InChI=1S/C20H19ClF2O5S/c21-11-1-3-12(4-2-11)29(26,27)20-8-7-17(25)13(9-24)14(20)10-28-19-16(23)6-5-15(22)18(19)20/h1-6,13-14,17,24-25H,7-10H2/t13-,14+,17-,20+/m1/s1. The lowest BCUT2D eigenvalue weighted by molar-refractivity contribution is -0.0435. The van der Waals surface area contributed by atoms with Gasteiger partial charge in [-0.3, -0.25) is 0 Å². The molecular formula is C20H19ClF2O5S. The van der Waals surface area contributed by atoms with Crippen LogP contribution in [-0.4, -0.2) is 37.9 Å². The van der Waals surface area contributed by atoms with Crippen LogP contribution < -0.4 is 4.74 Å². The number of sulfone groups is 1. The molecule has 156 valence electrons. The lowest BCUT2D eigenvalue weighted by Crippen LogP contribution is -2.58. The van der Waals surface area contributed by atoms with Gasteiger partial charge in [0.1, 0.15) is 10.6 Å². The highest BCUT2D eigenvalue weighted by atomic mass is 35.5. The number of ether oxygens (including phenoxy) is 1. The molecule has 0 unspecified atom stereocenters. The van der Waals surface area contributed by atoms with E-state index in [4.69, 9.17) is 16.3 Å². The molecule has 0 amide bonds. The van der Waals surface area contributed by atoms with Gasteiger partial charge in [-0.05, 0) is 49.2 Å². The zero-order valence-electron chi connectivity index (χ0n) is 15.2. The normalized spacial score (nSPS) is 28.9. The Kier molecular flexibility index (Phi) is 5.09. The van der Waals surface area contributed by atoms with Gasteiger partial charge in [-0.2, -0.15) is 0 Å². The fourth-order valence-corrected chi connectivity index (χ4v) is 7.25. The van der Waals surface area contributed by atoms with E-state index in [9.17, 15) is 23.0 Å². The first-order valence-corrected chi connectivity index (χ1v) is 11.0. The number of rotatable bonds is 3. The van der Waals surface area contributed by atoms with Crippen molar-refractivity contribution in [3.05, 3.63) is 58.6 Å². The summed E-state index contributed by atoms with van der Waals surface area (Å²) in [6.07, 6.45) is -1.12.